The molecule has 0 aliphatic heterocycles. The maximum atomic E-state index is 10.5. The number of hydrogen-bond donors (Lipinski definition) is 1. The molecule has 0 spiro atoms. The average Bonchev–Trinajstić information content (AvgIpc) is 2.53. The van der Waals surface area contributed by atoms with E-state index in [9.17, 15) is 5.11 Å². The van der Waals surface area contributed by atoms with E-state index in [1.165, 1.54) is 13.3 Å². The molecule has 21 heavy (non-hydrogen) atoms. The fourth-order valence-corrected chi connectivity index (χ4v) is 2.62. The number of fused-ring (bicyclic) bond motifs is 1. The Morgan fingerprint density at radius 1 is 1.05 bits per heavy atom. The number of aliphatic hydroxyl groups excluding tert-OH is 1. The highest BCUT2D eigenvalue weighted by Gasteiger charge is 2.18. The van der Waals surface area contributed by atoms with Gasteiger partial charge >= 0.3 is 0 Å². The molecule has 0 aliphatic rings. The molecule has 5 heteroatoms. The molecular formula is C16H13BrN2O2. The summed E-state index contributed by atoms with van der Waals surface area (Å²) in [6.07, 6.45) is 2.20. The van der Waals surface area contributed by atoms with E-state index < -0.39 is 6.10 Å². The maximum Gasteiger partial charge on any atom is 0.238 e. The van der Waals surface area contributed by atoms with E-state index in [4.69, 9.17) is 4.74 Å². The van der Waals surface area contributed by atoms with Crippen LogP contribution in [0.5, 0.6) is 5.88 Å². The normalized spacial score (nSPS) is 12.3. The first-order valence-electron chi connectivity index (χ1n) is 6.41. The van der Waals surface area contributed by atoms with Gasteiger partial charge in [-0.3, -0.25) is 4.98 Å². The first-order valence-corrected chi connectivity index (χ1v) is 7.20. The Bertz CT molecular complexity index is 792. The fraction of sp³-hybridized carbons (Fsp3) is 0.125. The minimum Gasteiger partial charge on any atom is -0.480 e. The van der Waals surface area contributed by atoms with Gasteiger partial charge in [0.15, 0.2) is 0 Å². The molecule has 1 N–H and O–H groups in total. The third-order valence-corrected chi connectivity index (χ3v) is 3.78. The third-order valence-electron chi connectivity index (χ3n) is 3.29. The number of hydrogen-bond acceptors (Lipinski definition) is 4. The predicted octanol–water partition coefficient (Wildman–Crippen LogP) is 3.48. The highest BCUT2D eigenvalue weighted by molar-refractivity contribution is 9.10. The first-order chi connectivity index (χ1) is 10.2. The Morgan fingerprint density at radius 2 is 1.76 bits per heavy atom. The Hall–Kier alpha value is -1.98. The van der Waals surface area contributed by atoms with Crippen LogP contribution in [0.1, 0.15) is 17.4 Å². The van der Waals surface area contributed by atoms with Crippen LogP contribution in [-0.2, 0) is 0 Å². The van der Waals surface area contributed by atoms with Crippen LogP contribution in [0.2, 0.25) is 0 Å². The minimum atomic E-state index is -0.873. The van der Waals surface area contributed by atoms with Crippen molar-refractivity contribution in [1.82, 2.24) is 9.97 Å². The molecule has 0 amide bonds. The van der Waals surface area contributed by atoms with Crippen molar-refractivity contribution >= 4 is 26.7 Å². The smallest absolute Gasteiger partial charge is 0.238 e. The lowest BCUT2D eigenvalue weighted by molar-refractivity contribution is 0.208. The zero-order valence-corrected chi connectivity index (χ0v) is 12.9. The summed E-state index contributed by atoms with van der Waals surface area (Å²) in [5.74, 6) is 0.334. The standard InChI is InChI=1S/C16H13BrN2O2/c1-21-16-14(18-6-7-19-16)15(20)12-3-2-11-9-13(17)5-4-10(11)8-12/h2-9,15,20H,1H3. The van der Waals surface area contributed by atoms with Gasteiger partial charge in [0.25, 0.3) is 0 Å². The summed E-state index contributed by atoms with van der Waals surface area (Å²) in [6.45, 7) is 0. The molecule has 3 rings (SSSR count). The fourth-order valence-electron chi connectivity index (χ4n) is 2.24. The van der Waals surface area contributed by atoms with Crippen LogP contribution in [0.25, 0.3) is 10.8 Å². The van der Waals surface area contributed by atoms with E-state index in [-0.39, 0.29) is 0 Å². The molecular weight excluding hydrogens is 332 g/mol. The average molecular weight is 345 g/mol. The van der Waals surface area contributed by atoms with E-state index in [1.807, 2.05) is 36.4 Å². The molecule has 106 valence electrons. The number of aliphatic hydroxyl groups is 1. The monoisotopic (exact) mass is 344 g/mol. The molecule has 3 aromatic rings. The van der Waals surface area contributed by atoms with E-state index in [0.29, 0.717) is 11.6 Å². The zero-order valence-electron chi connectivity index (χ0n) is 11.3. The lowest BCUT2D eigenvalue weighted by atomic mass is 10.0. The summed E-state index contributed by atoms with van der Waals surface area (Å²) in [5.41, 5.74) is 1.17. The SMILES string of the molecule is COc1nccnc1C(O)c1ccc2cc(Br)ccc2c1. The quantitative estimate of drug-likeness (QED) is 0.790. The van der Waals surface area contributed by atoms with Crippen LogP contribution in [0.3, 0.4) is 0 Å². The van der Waals surface area contributed by atoms with Gasteiger partial charge in [0.05, 0.1) is 7.11 Å². The van der Waals surface area contributed by atoms with Gasteiger partial charge in [0, 0.05) is 16.9 Å². The number of aromatic nitrogens is 2. The molecule has 0 bridgehead atoms. The van der Waals surface area contributed by atoms with Crippen molar-refractivity contribution in [2.24, 2.45) is 0 Å². The second-order valence-corrected chi connectivity index (χ2v) is 5.52. The van der Waals surface area contributed by atoms with Gasteiger partial charge < -0.3 is 9.84 Å². The van der Waals surface area contributed by atoms with Crippen molar-refractivity contribution in [2.45, 2.75) is 6.10 Å². The van der Waals surface area contributed by atoms with Gasteiger partial charge in [-0.2, -0.15) is 0 Å². The lowest BCUT2D eigenvalue weighted by Crippen LogP contribution is -2.06. The summed E-state index contributed by atoms with van der Waals surface area (Å²) in [5, 5.41) is 12.7. The van der Waals surface area contributed by atoms with Gasteiger partial charge in [-0.15, -0.1) is 0 Å². The van der Waals surface area contributed by atoms with E-state index >= 15 is 0 Å². The number of nitrogens with zero attached hydrogens (tertiary/aromatic N) is 2. The van der Waals surface area contributed by atoms with Crippen molar-refractivity contribution in [3.05, 3.63) is 64.5 Å². The molecule has 2 aromatic carbocycles. The summed E-state index contributed by atoms with van der Waals surface area (Å²) in [6, 6.07) is 11.8. The molecule has 1 atom stereocenters. The van der Waals surface area contributed by atoms with Crippen molar-refractivity contribution in [2.75, 3.05) is 7.11 Å². The van der Waals surface area contributed by atoms with Crippen LogP contribution in [0, 0.1) is 0 Å². The van der Waals surface area contributed by atoms with Crippen molar-refractivity contribution in [1.29, 1.82) is 0 Å². The largest absolute Gasteiger partial charge is 0.480 e. The Morgan fingerprint density at radius 3 is 2.57 bits per heavy atom. The zero-order chi connectivity index (χ0) is 14.8. The number of halogens is 1. The second kappa shape index (κ2) is 5.79. The third kappa shape index (κ3) is 2.75. The number of benzene rings is 2. The number of ether oxygens (including phenoxy) is 1. The number of methoxy groups -OCH3 is 1. The molecule has 1 aromatic heterocycles. The molecule has 0 aliphatic carbocycles. The topological polar surface area (TPSA) is 55.2 Å². The second-order valence-electron chi connectivity index (χ2n) is 4.60. The number of rotatable bonds is 3. The highest BCUT2D eigenvalue weighted by Crippen LogP contribution is 2.29. The van der Waals surface area contributed by atoms with Crippen LogP contribution < -0.4 is 4.74 Å². The Labute approximate surface area is 130 Å². The maximum absolute atomic E-state index is 10.5. The molecule has 1 heterocycles. The summed E-state index contributed by atoms with van der Waals surface area (Å²) in [7, 11) is 1.51. The van der Waals surface area contributed by atoms with Gasteiger partial charge in [0.2, 0.25) is 5.88 Å². The van der Waals surface area contributed by atoms with Crippen LogP contribution in [-0.4, -0.2) is 22.2 Å². The molecule has 0 saturated carbocycles. The molecule has 0 radical (unpaired) electrons. The van der Waals surface area contributed by atoms with Crippen LogP contribution >= 0.6 is 15.9 Å². The minimum absolute atomic E-state index is 0.334. The van der Waals surface area contributed by atoms with Crippen molar-refractivity contribution in [3.63, 3.8) is 0 Å². The highest BCUT2D eigenvalue weighted by atomic mass is 79.9. The molecule has 0 saturated heterocycles. The summed E-state index contributed by atoms with van der Waals surface area (Å²) < 4.78 is 6.18. The van der Waals surface area contributed by atoms with Crippen LogP contribution in [0.15, 0.2) is 53.3 Å². The lowest BCUT2D eigenvalue weighted by Gasteiger charge is -2.13. The summed E-state index contributed by atoms with van der Waals surface area (Å²) >= 11 is 3.45. The Kier molecular flexibility index (Phi) is 3.86. The van der Waals surface area contributed by atoms with Crippen LogP contribution in [0.4, 0.5) is 0 Å². The predicted molar refractivity (Wildman–Crippen MR) is 84.3 cm³/mol. The van der Waals surface area contributed by atoms with E-state index in [1.54, 1.807) is 6.20 Å². The molecule has 0 fully saturated rings. The molecule has 1 unspecified atom stereocenters. The van der Waals surface area contributed by atoms with Gasteiger partial charge in [-0.25, -0.2) is 4.98 Å². The molecule has 4 nitrogen and oxygen atoms in total. The Balaban J connectivity index is 2.05. The van der Waals surface area contributed by atoms with Crippen molar-refractivity contribution in [3.8, 4) is 5.88 Å². The van der Waals surface area contributed by atoms with Gasteiger partial charge in [0.1, 0.15) is 11.8 Å². The van der Waals surface area contributed by atoms with E-state index in [2.05, 4.69) is 25.9 Å². The van der Waals surface area contributed by atoms with Crippen molar-refractivity contribution < 1.29 is 9.84 Å². The van der Waals surface area contributed by atoms with E-state index in [0.717, 1.165) is 20.8 Å². The first kappa shape index (κ1) is 14.0. The van der Waals surface area contributed by atoms with Gasteiger partial charge in [-0.05, 0) is 34.5 Å². The van der Waals surface area contributed by atoms with Gasteiger partial charge in [-0.1, -0.05) is 34.1 Å². The summed E-state index contributed by atoms with van der Waals surface area (Å²) in [4.78, 5) is 8.24.